The third-order valence-corrected chi connectivity index (χ3v) is 4.15. The standard InChI is InChI=1S/C15H18FN/c1-2-12-7-9-15(11-17,10-8-12)13-3-5-14(16)6-4-13/h3-6,12H,2,7-10H2,1H3/t12-,15-. The van der Waals surface area contributed by atoms with Gasteiger partial charge in [0.25, 0.3) is 0 Å². The quantitative estimate of drug-likeness (QED) is 0.748. The lowest BCUT2D eigenvalue weighted by Gasteiger charge is -2.35. The van der Waals surface area contributed by atoms with Crippen LogP contribution in [-0.2, 0) is 5.41 Å². The van der Waals surface area contributed by atoms with Crippen LogP contribution < -0.4 is 0 Å². The summed E-state index contributed by atoms with van der Waals surface area (Å²) in [6.07, 6.45) is 5.25. The van der Waals surface area contributed by atoms with E-state index in [1.165, 1.54) is 18.6 Å². The molecule has 1 aromatic carbocycles. The molecular weight excluding hydrogens is 213 g/mol. The van der Waals surface area contributed by atoms with Crippen molar-refractivity contribution >= 4 is 0 Å². The summed E-state index contributed by atoms with van der Waals surface area (Å²) in [6, 6.07) is 8.93. The second-order valence-electron chi connectivity index (χ2n) is 5.05. The lowest BCUT2D eigenvalue weighted by Crippen LogP contribution is -2.30. The van der Waals surface area contributed by atoms with Gasteiger partial charge in [-0.05, 0) is 49.3 Å². The summed E-state index contributed by atoms with van der Waals surface area (Å²) >= 11 is 0. The van der Waals surface area contributed by atoms with Gasteiger partial charge in [0.15, 0.2) is 0 Å². The van der Waals surface area contributed by atoms with Crippen LogP contribution in [0, 0.1) is 23.1 Å². The largest absolute Gasteiger partial charge is 0.207 e. The minimum atomic E-state index is -0.376. The van der Waals surface area contributed by atoms with Crippen LogP contribution in [0.25, 0.3) is 0 Å². The Bertz CT molecular complexity index is 408. The van der Waals surface area contributed by atoms with Crippen LogP contribution in [0.1, 0.15) is 44.6 Å². The molecule has 0 bridgehead atoms. The van der Waals surface area contributed by atoms with Crippen molar-refractivity contribution in [1.82, 2.24) is 0 Å². The minimum Gasteiger partial charge on any atom is -0.207 e. The second-order valence-corrected chi connectivity index (χ2v) is 5.05. The Kier molecular flexibility index (Phi) is 3.47. The van der Waals surface area contributed by atoms with Gasteiger partial charge in [0.2, 0.25) is 0 Å². The van der Waals surface area contributed by atoms with E-state index in [1.807, 2.05) is 0 Å². The van der Waals surface area contributed by atoms with E-state index in [1.54, 1.807) is 12.1 Å². The fourth-order valence-electron chi connectivity index (χ4n) is 2.81. The van der Waals surface area contributed by atoms with Gasteiger partial charge in [-0.15, -0.1) is 0 Å². The number of nitriles is 1. The van der Waals surface area contributed by atoms with E-state index in [9.17, 15) is 9.65 Å². The molecule has 0 saturated heterocycles. The third-order valence-electron chi connectivity index (χ3n) is 4.15. The number of nitrogens with zero attached hydrogens (tertiary/aromatic N) is 1. The molecule has 1 fully saturated rings. The number of benzene rings is 1. The molecule has 0 spiro atoms. The molecule has 1 aliphatic rings. The number of hydrogen-bond acceptors (Lipinski definition) is 1. The number of rotatable bonds is 2. The molecule has 1 saturated carbocycles. The maximum Gasteiger partial charge on any atom is 0.123 e. The topological polar surface area (TPSA) is 23.8 Å². The summed E-state index contributed by atoms with van der Waals surface area (Å²) in [5.41, 5.74) is 0.607. The fraction of sp³-hybridized carbons (Fsp3) is 0.533. The maximum absolute atomic E-state index is 12.9. The molecule has 0 unspecified atom stereocenters. The molecule has 0 aromatic heterocycles. The predicted molar refractivity (Wildman–Crippen MR) is 65.9 cm³/mol. The summed E-state index contributed by atoms with van der Waals surface area (Å²) in [5, 5.41) is 9.48. The predicted octanol–water partition coefficient (Wildman–Crippen LogP) is 4.19. The lowest BCUT2D eigenvalue weighted by atomic mass is 9.67. The highest BCUT2D eigenvalue weighted by molar-refractivity contribution is 5.33. The zero-order valence-corrected chi connectivity index (χ0v) is 10.2. The van der Waals surface area contributed by atoms with Crippen molar-refractivity contribution in [2.24, 2.45) is 5.92 Å². The van der Waals surface area contributed by atoms with E-state index in [0.29, 0.717) is 0 Å². The summed E-state index contributed by atoms with van der Waals surface area (Å²) in [4.78, 5) is 0. The number of halogens is 1. The smallest absolute Gasteiger partial charge is 0.123 e. The van der Waals surface area contributed by atoms with Crippen LogP contribution in [0.2, 0.25) is 0 Å². The molecular formula is C15H18FN. The van der Waals surface area contributed by atoms with Crippen LogP contribution in [0.3, 0.4) is 0 Å². The molecule has 90 valence electrons. The van der Waals surface area contributed by atoms with Crippen LogP contribution in [0.4, 0.5) is 4.39 Å². The molecule has 0 atom stereocenters. The monoisotopic (exact) mass is 231 g/mol. The van der Waals surface area contributed by atoms with Crippen molar-refractivity contribution in [3.8, 4) is 6.07 Å². The van der Waals surface area contributed by atoms with Gasteiger partial charge in [-0.25, -0.2) is 4.39 Å². The third kappa shape index (κ3) is 2.34. The van der Waals surface area contributed by atoms with Crippen LogP contribution in [0.15, 0.2) is 24.3 Å². The van der Waals surface area contributed by atoms with Crippen LogP contribution in [0.5, 0.6) is 0 Å². The van der Waals surface area contributed by atoms with Gasteiger partial charge in [0, 0.05) is 0 Å². The Morgan fingerprint density at radius 3 is 2.35 bits per heavy atom. The summed E-state index contributed by atoms with van der Waals surface area (Å²) < 4.78 is 12.9. The van der Waals surface area contributed by atoms with Gasteiger partial charge in [0.05, 0.1) is 11.5 Å². The average Bonchev–Trinajstić information content (AvgIpc) is 2.40. The normalized spacial score (nSPS) is 28.6. The lowest BCUT2D eigenvalue weighted by molar-refractivity contribution is 0.273. The molecule has 1 nitrogen and oxygen atoms in total. The molecule has 1 aromatic rings. The van der Waals surface area contributed by atoms with Crippen molar-refractivity contribution in [2.75, 3.05) is 0 Å². The Hall–Kier alpha value is -1.36. The van der Waals surface area contributed by atoms with Gasteiger partial charge in [0.1, 0.15) is 5.82 Å². The highest BCUT2D eigenvalue weighted by atomic mass is 19.1. The van der Waals surface area contributed by atoms with E-state index in [4.69, 9.17) is 0 Å². The zero-order valence-electron chi connectivity index (χ0n) is 10.2. The first-order valence-corrected chi connectivity index (χ1v) is 6.37. The first-order chi connectivity index (χ1) is 8.20. The molecule has 2 heteroatoms. The molecule has 17 heavy (non-hydrogen) atoms. The van der Waals surface area contributed by atoms with Crippen molar-refractivity contribution in [2.45, 2.75) is 44.4 Å². The Morgan fingerprint density at radius 1 is 1.29 bits per heavy atom. The van der Waals surface area contributed by atoms with Crippen molar-refractivity contribution in [1.29, 1.82) is 5.26 Å². The second kappa shape index (κ2) is 4.87. The summed E-state index contributed by atoms with van der Waals surface area (Å²) in [7, 11) is 0. The van der Waals surface area contributed by atoms with Crippen molar-refractivity contribution in [3.63, 3.8) is 0 Å². The SMILES string of the molecule is CC[C@H]1CC[C@](C#N)(c2ccc(F)cc2)CC1. The van der Waals surface area contributed by atoms with E-state index >= 15 is 0 Å². The molecule has 0 aliphatic heterocycles. The molecule has 0 heterocycles. The molecule has 0 radical (unpaired) electrons. The van der Waals surface area contributed by atoms with Gasteiger partial charge in [-0.2, -0.15) is 5.26 Å². The zero-order chi connectivity index (χ0) is 12.3. The van der Waals surface area contributed by atoms with Crippen molar-refractivity contribution in [3.05, 3.63) is 35.6 Å². The molecule has 0 amide bonds. The highest BCUT2D eigenvalue weighted by Crippen LogP contribution is 2.41. The summed E-state index contributed by atoms with van der Waals surface area (Å²) in [6.45, 7) is 2.21. The van der Waals surface area contributed by atoms with E-state index in [0.717, 1.165) is 37.2 Å². The van der Waals surface area contributed by atoms with Gasteiger partial charge >= 0.3 is 0 Å². The van der Waals surface area contributed by atoms with E-state index in [-0.39, 0.29) is 11.2 Å². The Labute approximate surface area is 102 Å². The van der Waals surface area contributed by atoms with E-state index in [2.05, 4.69) is 13.0 Å². The molecule has 0 N–H and O–H groups in total. The highest BCUT2D eigenvalue weighted by Gasteiger charge is 2.36. The van der Waals surface area contributed by atoms with Gasteiger partial charge in [-0.3, -0.25) is 0 Å². The molecule has 2 rings (SSSR count). The van der Waals surface area contributed by atoms with Gasteiger partial charge < -0.3 is 0 Å². The van der Waals surface area contributed by atoms with E-state index < -0.39 is 0 Å². The first-order valence-electron chi connectivity index (χ1n) is 6.37. The number of hydrogen-bond donors (Lipinski definition) is 0. The summed E-state index contributed by atoms with van der Waals surface area (Å²) in [5.74, 6) is 0.529. The minimum absolute atomic E-state index is 0.232. The first kappa shape index (κ1) is 12.1. The Morgan fingerprint density at radius 2 is 1.88 bits per heavy atom. The Balaban J connectivity index is 2.22. The fourth-order valence-corrected chi connectivity index (χ4v) is 2.81. The van der Waals surface area contributed by atoms with Crippen LogP contribution in [-0.4, -0.2) is 0 Å². The van der Waals surface area contributed by atoms with Crippen molar-refractivity contribution < 1.29 is 4.39 Å². The molecule has 1 aliphatic carbocycles. The average molecular weight is 231 g/mol. The van der Waals surface area contributed by atoms with Gasteiger partial charge in [-0.1, -0.05) is 25.5 Å². The van der Waals surface area contributed by atoms with Crippen LogP contribution >= 0.6 is 0 Å². The maximum atomic E-state index is 12.9.